The van der Waals surface area contributed by atoms with Crippen LogP contribution in [0.2, 0.25) is 5.02 Å². The fourth-order valence-corrected chi connectivity index (χ4v) is 5.07. The Morgan fingerprint density at radius 3 is 2.72 bits per heavy atom. The molecular formula is C25H25ClN10. The second kappa shape index (κ2) is 9.59. The summed E-state index contributed by atoms with van der Waals surface area (Å²) in [6.07, 6.45) is 10.0. The number of hydrogen-bond acceptors (Lipinski definition) is 9. The van der Waals surface area contributed by atoms with Crippen molar-refractivity contribution < 1.29 is 0 Å². The Labute approximate surface area is 213 Å². The number of nitrogens with zero attached hydrogens (tertiary/aromatic N) is 8. The Morgan fingerprint density at radius 2 is 1.92 bits per heavy atom. The number of aryl methyl sites for hydroxylation is 2. The lowest BCUT2D eigenvalue weighted by Crippen LogP contribution is -2.39. The third kappa shape index (κ3) is 4.50. The molecule has 0 aromatic carbocycles. The van der Waals surface area contributed by atoms with E-state index in [4.69, 9.17) is 21.8 Å². The van der Waals surface area contributed by atoms with Gasteiger partial charge >= 0.3 is 0 Å². The van der Waals surface area contributed by atoms with Crippen molar-refractivity contribution in [3.05, 3.63) is 58.8 Å². The highest BCUT2D eigenvalue weighted by atomic mass is 35.5. The van der Waals surface area contributed by atoms with E-state index in [1.165, 1.54) is 24.2 Å². The van der Waals surface area contributed by atoms with Gasteiger partial charge in [0, 0.05) is 42.8 Å². The van der Waals surface area contributed by atoms with Crippen molar-refractivity contribution in [2.24, 2.45) is 0 Å². The average Bonchev–Trinajstić information content (AvgIpc) is 3.29. The summed E-state index contributed by atoms with van der Waals surface area (Å²) in [7, 11) is 0. The largest absolute Gasteiger partial charge is 0.366 e. The van der Waals surface area contributed by atoms with E-state index in [1.807, 2.05) is 24.3 Å². The molecular weight excluding hydrogens is 476 g/mol. The van der Waals surface area contributed by atoms with Gasteiger partial charge in [-0.3, -0.25) is 0 Å². The smallest absolute Gasteiger partial charge is 0.229 e. The van der Waals surface area contributed by atoms with E-state index in [0.29, 0.717) is 22.5 Å². The number of rotatable bonds is 5. The molecule has 0 spiro atoms. The summed E-state index contributed by atoms with van der Waals surface area (Å²) in [5, 5.41) is 24.3. The number of pyridine rings is 1. The Morgan fingerprint density at radius 1 is 1.06 bits per heavy atom. The highest BCUT2D eigenvalue weighted by Crippen LogP contribution is 2.27. The Hall–Kier alpha value is -3.97. The molecule has 1 fully saturated rings. The summed E-state index contributed by atoms with van der Waals surface area (Å²) in [4.78, 5) is 16.0. The van der Waals surface area contributed by atoms with Crippen LogP contribution in [0.5, 0.6) is 0 Å². The van der Waals surface area contributed by atoms with Crippen molar-refractivity contribution in [3.8, 4) is 6.07 Å². The maximum absolute atomic E-state index is 8.91. The van der Waals surface area contributed by atoms with Gasteiger partial charge in [-0.05, 0) is 56.7 Å². The molecule has 0 atom stereocenters. The summed E-state index contributed by atoms with van der Waals surface area (Å²) in [5.41, 5.74) is 4.69. The van der Waals surface area contributed by atoms with E-state index in [1.54, 1.807) is 12.3 Å². The van der Waals surface area contributed by atoms with Crippen molar-refractivity contribution in [1.29, 1.82) is 5.26 Å². The zero-order valence-corrected chi connectivity index (χ0v) is 20.4. The van der Waals surface area contributed by atoms with Crippen LogP contribution < -0.4 is 15.5 Å². The van der Waals surface area contributed by atoms with Crippen LogP contribution in [0.25, 0.3) is 5.65 Å². The number of nitrogens with one attached hydrogen (secondary N) is 2. The monoisotopic (exact) mass is 500 g/mol. The molecule has 5 heterocycles. The molecule has 0 unspecified atom stereocenters. The molecule has 1 saturated heterocycles. The van der Waals surface area contributed by atoms with Crippen LogP contribution in [-0.2, 0) is 12.8 Å². The van der Waals surface area contributed by atoms with Gasteiger partial charge in [0.05, 0.1) is 11.9 Å². The molecule has 4 aromatic rings. The first-order chi connectivity index (χ1) is 17.7. The highest BCUT2D eigenvalue weighted by molar-refractivity contribution is 6.32. The summed E-state index contributed by atoms with van der Waals surface area (Å²) in [6, 6.07) is 9.81. The molecule has 1 aliphatic heterocycles. The Kier molecular flexibility index (Phi) is 5.99. The van der Waals surface area contributed by atoms with Gasteiger partial charge in [-0.1, -0.05) is 11.6 Å². The summed E-state index contributed by atoms with van der Waals surface area (Å²) in [5.74, 6) is 1.88. The SMILES string of the molecule is N#Cc1ccc(N2CCC(Nc3nc(Nc4ccn5c6c(nc5c4)CCCC6)ncc3Cl)CC2)nn1. The molecule has 2 aliphatic rings. The van der Waals surface area contributed by atoms with Crippen molar-refractivity contribution in [2.45, 2.75) is 44.6 Å². The molecule has 2 N–H and O–H groups in total. The highest BCUT2D eigenvalue weighted by Gasteiger charge is 2.22. The Balaban J connectivity index is 1.12. The van der Waals surface area contributed by atoms with E-state index in [9.17, 15) is 0 Å². The van der Waals surface area contributed by atoms with Crippen molar-refractivity contribution >= 4 is 40.5 Å². The van der Waals surface area contributed by atoms with Gasteiger partial charge < -0.3 is 19.9 Å². The summed E-state index contributed by atoms with van der Waals surface area (Å²) >= 11 is 6.42. The average molecular weight is 501 g/mol. The summed E-state index contributed by atoms with van der Waals surface area (Å²) in [6.45, 7) is 1.64. The van der Waals surface area contributed by atoms with Gasteiger partial charge in [0.2, 0.25) is 5.95 Å². The molecule has 0 saturated carbocycles. The van der Waals surface area contributed by atoms with Gasteiger partial charge in [-0.15, -0.1) is 10.2 Å². The van der Waals surface area contributed by atoms with Crippen LogP contribution in [0.4, 0.5) is 23.3 Å². The molecule has 182 valence electrons. The van der Waals surface area contributed by atoms with Gasteiger partial charge in [0.25, 0.3) is 0 Å². The molecule has 0 bridgehead atoms. The minimum Gasteiger partial charge on any atom is -0.366 e. The zero-order chi connectivity index (χ0) is 24.5. The molecule has 6 rings (SSSR count). The van der Waals surface area contributed by atoms with E-state index in [-0.39, 0.29) is 6.04 Å². The van der Waals surface area contributed by atoms with Crippen molar-refractivity contribution in [3.63, 3.8) is 0 Å². The molecule has 4 aromatic heterocycles. The third-order valence-corrected chi connectivity index (χ3v) is 7.09. The first kappa shape index (κ1) is 22.5. The molecule has 0 radical (unpaired) electrons. The second-order valence-electron chi connectivity index (χ2n) is 9.17. The fraction of sp³-hybridized carbons (Fsp3) is 0.360. The zero-order valence-electron chi connectivity index (χ0n) is 19.7. The lowest BCUT2D eigenvalue weighted by Gasteiger charge is -2.33. The van der Waals surface area contributed by atoms with Crippen LogP contribution in [0.15, 0.2) is 36.7 Å². The maximum Gasteiger partial charge on any atom is 0.229 e. The van der Waals surface area contributed by atoms with Gasteiger partial charge in [0.1, 0.15) is 16.7 Å². The van der Waals surface area contributed by atoms with Gasteiger partial charge in [-0.2, -0.15) is 10.2 Å². The topological polar surface area (TPSA) is 120 Å². The Bertz CT molecular complexity index is 1430. The standard InChI is InChI=1S/C25H25ClN10/c26-19-15-28-25(30-17-9-12-36-21-4-2-1-3-20(21)31-23(36)13-17)32-24(19)29-16-7-10-35(11-8-16)22-6-5-18(14-27)33-34-22/h5-6,9,12-13,15-16H,1-4,7-8,10-11H2,(H2,28,29,30,32). The molecule has 36 heavy (non-hydrogen) atoms. The molecule has 11 heteroatoms. The number of aromatic nitrogens is 6. The van der Waals surface area contributed by atoms with E-state index in [0.717, 1.165) is 55.9 Å². The van der Waals surface area contributed by atoms with E-state index in [2.05, 4.69) is 46.3 Å². The van der Waals surface area contributed by atoms with Crippen molar-refractivity contribution in [2.75, 3.05) is 28.6 Å². The quantitative estimate of drug-likeness (QED) is 0.416. The molecule has 0 amide bonds. The number of halogens is 1. The number of fused-ring (bicyclic) bond motifs is 3. The fourth-order valence-electron chi connectivity index (χ4n) is 4.93. The van der Waals surface area contributed by atoms with Crippen LogP contribution in [0.3, 0.4) is 0 Å². The predicted molar refractivity (Wildman–Crippen MR) is 138 cm³/mol. The van der Waals surface area contributed by atoms with Crippen LogP contribution in [0, 0.1) is 11.3 Å². The van der Waals surface area contributed by atoms with Gasteiger partial charge in [-0.25, -0.2) is 9.97 Å². The second-order valence-corrected chi connectivity index (χ2v) is 9.57. The maximum atomic E-state index is 8.91. The predicted octanol–water partition coefficient (Wildman–Crippen LogP) is 4.14. The minimum atomic E-state index is 0.223. The van der Waals surface area contributed by atoms with Crippen LogP contribution in [0.1, 0.15) is 42.8 Å². The number of hydrogen-bond donors (Lipinski definition) is 2. The normalized spacial score (nSPS) is 15.9. The lowest BCUT2D eigenvalue weighted by atomic mass is 10.0. The van der Waals surface area contributed by atoms with E-state index < -0.39 is 0 Å². The number of imidazole rings is 1. The summed E-state index contributed by atoms with van der Waals surface area (Å²) < 4.78 is 2.19. The molecule has 1 aliphatic carbocycles. The van der Waals surface area contributed by atoms with Crippen LogP contribution >= 0.6 is 11.6 Å². The van der Waals surface area contributed by atoms with E-state index >= 15 is 0 Å². The third-order valence-electron chi connectivity index (χ3n) is 6.81. The first-order valence-electron chi connectivity index (χ1n) is 12.2. The van der Waals surface area contributed by atoms with Crippen molar-refractivity contribution in [1.82, 2.24) is 29.5 Å². The first-order valence-corrected chi connectivity index (χ1v) is 12.6. The van der Waals surface area contributed by atoms with Gasteiger partial charge in [0.15, 0.2) is 17.3 Å². The number of piperidine rings is 1. The molecule has 10 nitrogen and oxygen atoms in total. The van der Waals surface area contributed by atoms with Crippen LogP contribution in [-0.4, -0.2) is 48.7 Å². The lowest BCUT2D eigenvalue weighted by molar-refractivity contribution is 0.521. The minimum absolute atomic E-state index is 0.223. The number of nitriles is 1. The number of anilines is 4.